The minimum Gasteiger partial charge on any atom is -0.377 e. The van der Waals surface area contributed by atoms with Crippen LogP contribution in [0.4, 0.5) is 0 Å². The lowest BCUT2D eigenvalue weighted by Crippen LogP contribution is -2.30. The molecule has 0 saturated carbocycles. The molecule has 2 nitrogen and oxygen atoms in total. The summed E-state index contributed by atoms with van der Waals surface area (Å²) in [5.41, 5.74) is 0. The molecule has 0 saturated heterocycles. The van der Waals surface area contributed by atoms with Crippen LogP contribution in [-0.2, 0) is 4.74 Å². The predicted molar refractivity (Wildman–Crippen MR) is 67.3 cm³/mol. The average Bonchev–Trinajstić information content (AvgIpc) is 2.24. The maximum atomic E-state index is 5.60. The molecule has 0 aromatic heterocycles. The monoisotopic (exact) mass is 215 g/mol. The van der Waals surface area contributed by atoms with Crippen molar-refractivity contribution < 1.29 is 4.74 Å². The summed E-state index contributed by atoms with van der Waals surface area (Å²) in [4.78, 5) is 0. The molecule has 0 aliphatic heterocycles. The van der Waals surface area contributed by atoms with E-state index in [-0.39, 0.29) is 0 Å². The van der Waals surface area contributed by atoms with Crippen molar-refractivity contribution in [3.8, 4) is 0 Å². The van der Waals surface area contributed by atoms with Gasteiger partial charge in [-0.25, -0.2) is 0 Å². The minimum atomic E-state index is 0.405. The first kappa shape index (κ1) is 14.9. The van der Waals surface area contributed by atoms with E-state index in [1.807, 2.05) is 0 Å². The smallest absolute Gasteiger partial charge is 0.0594 e. The molecule has 0 rings (SSSR count). The molecule has 0 radical (unpaired) electrons. The van der Waals surface area contributed by atoms with Crippen LogP contribution in [0.2, 0.25) is 0 Å². The third kappa shape index (κ3) is 10.2. The standard InChI is InChI=1S/C13H29NO/c1-5-7-8-9-12(3)14-10-11-15-13(4)6-2/h12-14H,5-11H2,1-4H3. The molecular formula is C13H29NO. The molecule has 0 aliphatic rings. The van der Waals surface area contributed by atoms with E-state index in [0.717, 1.165) is 19.6 Å². The summed E-state index contributed by atoms with van der Waals surface area (Å²) in [7, 11) is 0. The van der Waals surface area contributed by atoms with Crippen molar-refractivity contribution in [3.05, 3.63) is 0 Å². The van der Waals surface area contributed by atoms with Gasteiger partial charge in [0.05, 0.1) is 12.7 Å². The molecule has 0 amide bonds. The zero-order valence-electron chi connectivity index (χ0n) is 11.0. The maximum absolute atomic E-state index is 5.60. The fourth-order valence-electron chi connectivity index (χ4n) is 1.49. The van der Waals surface area contributed by atoms with Crippen LogP contribution in [-0.4, -0.2) is 25.3 Å². The van der Waals surface area contributed by atoms with Crippen molar-refractivity contribution in [1.29, 1.82) is 0 Å². The molecule has 0 aromatic carbocycles. The Bertz CT molecular complexity index is 128. The Kier molecular flexibility index (Phi) is 10.4. The second kappa shape index (κ2) is 10.4. The lowest BCUT2D eigenvalue weighted by atomic mass is 10.1. The van der Waals surface area contributed by atoms with Crippen LogP contribution in [0, 0.1) is 0 Å². The second-order valence-corrected chi connectivity index (χ2v) is 4.44. The van der Waals surface area contributed by atoms with E-state index in [1.54, 1.807) is 0 Å². The molecule has 0 fully saturated rings. The Morgan fingerprint density at radius 3 is 2.47 bits per heavy atom. The molecule has 2 unspecified atom stereocenters. The van der Waals surface area contributed by atoms with E-state index < -0.39 is 0 Å². The summed E-state index contributed by atoms with van der Waals surface area (Å²) in [5, 5.41) is 3.50. The molecule has 0 aliphatic carbocycles. The van der Waals surface area contributed by atoms with Gasteiger partial charge in [0, 0.05) is 12.6 Å². The second-order valence-electron chi connectivity index (χ2n) is 4.44. The van der Waals surface area contributed by atoms with Crippen molar-refractivity contribution in [2.45, 2.75) is 71.9 Å². The van der Waals surface area contributed by atoms with Crippen LogP contribution < -0.4 is 5.32 Å². The molecule has 0 aromatic rings. The zero-order chi connectivity index (χ0) is 11.5. The molecular weight excluding hydrogens is 186 g/mol. The Hall–Kier alpha value is -0.0800. The first-order valence-corrected chi connectivity index (χ1v) is 6.55. The van der Waals surface area contributed by atoms with Gasteiger partial charge in [-0.2, -0.15) is 0 Å². The first-order valence-electron chi connectivity index (χ1n) is 6.55. The lowest BCUT2D eigenvalue weighted by molar-refractivity contribution is 0.0644. The van der Waals surface area contributed by atoms with Crippen molar-refractivity contribution in [2.75, 3.05) is 13.2 Å². The largest absolute Gasteiger partial charge is 0.377 e. The van der Waals surface area contributed by atoms with Gasteiger partial charge in [0.2, 0.25) is 0 Å². The Balaban J connectivity index is 3.19. The van der Waals surface area contributed by atoms with E-state index in [0.29, 0.717) is 12.1 Å². The molecule has 0 heterocycles. The van der Waals surface area contributed by atoms with Crippen molar-refractivity contribution in [2.24, 2.45) is 0 Å². The Morgan fingerprint density at radius 2 is 1.87 bits per heavy atom. The number of nitrogens with one attached hydrogen (secondary N) is 1. The molecule has 0 spiro atoms. The van der Waals surface area contributed by atoms with Gasteiger partial charge in [0.15, 0.2) is 0 Å². The fourth-order valence-corrected chi connectivity index (χ4v) is 1.49. The number of hydrogen-bond donors (Lipinski definition) is 1. The highest BCUT2D eigenvalue weighted by Crippen LogP contribution is 2.02. The molecule has 2 heteroatoms. The van der Waals surface area contributed by atoms with Gasteiger partial charge in [0.25, 0.3) is 0 Å². The van der Waals surface area contributed by atoms with Crippen LogP contribution in [0.25, 0.3) is 0 Å². The van der Waals surface area contributed by atoms with Gasteiger partial charge >= 0.3 is 0 Å². The summed E-state index contributed by atoms with van der Waals surface area (Å²) < 4.78 is 5.60. The van der Waals surface area contributed by atoms with E-state index in [2.05, 4.69) is 33.0 Å². The van der Waals surface area contributed by atoms with Gasteiger partial charge in [0.1, 0.15) is 0 Å². The lowest BCUT2D eigenvalue weighted by Gasteiger charge is -2.15. The third-order valence-electron chi connectivity index (χ3n) is 2.81. The summed E-state index contributed by atoms with van der Waals surface area (Å²) in [5.74, 6) is 0. The summed E-state index contributed by atoms with van der Waals surface area (Å²) in [6, 6.07) is 0.636. The van der Waals surface area contributed by atoms with Crippen LogP contribution in [0.1, 0.15) is 59.8 Å². The Morgan fingerprint density at radius 1 is 1.13 bits per heavy atom. The number of hydrogen-bond acceptors (Lipinski definition) is 2. The minimum absolute atomic E-state index is 0.405. The average molecular weight is 215 g/mol. The topological polar surface area (TPSA) is 21.3 Å². The van der Waals surface area contributed by atoms with E-state index in [9.17, 15) is 0 Å². The van der Waals surface area contributed by atoms with Gasteiger partial charge in [-0.05, 0) is 26.7 Å². The normalized spacial score (nSPS) is 15.2. The van der Waals surface area contributed by atoms with Gasteiger partial charge < -0.3 is 10.1 Å². The summed E-state index contributed by atoms with van der Waals surface area (Å²) in [6.45, 7) is 10.6. The first-order chi connectivity index (χ1) is 7.20. The molecule has 92 valence electrons. The van der Waals surface area contributed by atoms with Gasteiger partial charge in [-0.3, -0.25) is 0 Å². The highest BCUT2D eigenvalue weighted by atomic mass is 16.5. The number of ether oxygens (including phenoxy) is 1. The quantitative estimate of drug-likeness (QED) is 0.564. The van der Waals surface area contributed by atoms with Crippen LogP contribution in [0.15, 0.2) is 0 Å². The van der Waals surface area contributed by atoms with Gasteiger partial charge in [-0.1, -0.05) is 33.1 Å². The summed E-state index contributed by atoms with van der Waals surface area (Å²) in [6.07, 6.45) is 6.81. The SMILES string of the molecule is CCCCCC(C)NCCOC(C)CC. The fraction of sp³-hybridized carbons (Fsp3) is 1.00. The van der Waals surface area contributed by atoms with Crippen molar-refractivity contribution in [1.82, 2.24) is 5.32 Å². The molecule has 2 atom stereocenters. The highest BCUT2D eigenvalue weighted by molar-refractivity contribution is 4.60. The highest BCUT2D eigenvalue weighted by Gasteiger charge is 2.01. The van der Waals surface area contributed by atoms with Crippen LogP contribution in [0.5, 0.6) is 0 Å². The van der Waals surface area contributed by atoms with E-state index in [4.69, 9.17) is 4.74 Å². The number of unbranched alkanes of at least 4 members (excludes halogenated alkanes) is 2. The van der Waals surface area contributed by atoms with Crippen LogP contribution in [0.3, 0.4) is 0 Å². The number of rotatable bonds is 10. The molecule has 1 N–H and O–H groups in total. The van der Waals surface area contributed by atoms with Crippen molar-refractivity contribution in [3.63, 3.8) is 0 Å². The van der Waals surface area contributed by atoms with E-state index >= 15 is 0 Å². The van der Waals surface area contributed by atoms with E-state index in [1.165, 1.54) is 25.7 Å². The predicted octanol–water partition coefficient (Wildman–Crippen LogP) is 3.36. The summed E-state index contributed by atoms with van der Waals surface area (Å²) >= 11 is 0. The maximum Gasteiger partial charge on any atom is 0.0594 e. The van der Waals surface area contributed by atoms with Crippen LogP contribution >= 0.6 is 0 Å². The Labute approximate surface area is 95.8 Å². The van der Waals surface area contributed by atoms with Gasteiger partial charge in [-0.15, -0.1) is 0 Å². The zero-order valence-corrected chi connectivity index (χ0v) is 11.0. The van der Waals surface area contributed by atoms with Crippen molar-refractivity contribution >= 4 is 0 Å². The molecule has 15 heavy (non-hydrogen) atoms. The molecule has 0 bridgehead atoms. The third-order valence-corrected chi connectivity index (χ3v) is 2.81.